The Balaban J connectivity index is 2.98. The molecule has 5 heteroatoms. The lowest BCUT2D eigenvalue weighted by Crippen LogP contribution is -1.76. The first-order chi connectivity index (χ1) is 4.24. The summed E-state index contributed by atoms with van der Waals surface area (Å²) in [5, 5.41) is 9.60. The molecule has 0 atom stereocenters. The number of nitrogens with zero attached hydrogens (tertiary/aromatic N) is 1. The van der Waals surface area contributed by atoms with Gasteiger partial charge in [-0.2, -0.15) is 0 Å². The van der Waals surface area contributed by atoms with Crippen molar-refractivity contribution in [1.82, 2.24) is 4.98 Å². The second-order valence-electron chi connectivity index (χ2n) is 1.33. The maximum Gasteiger partial charge on any atom is 0.154 e. The van der Waals surface area contributed by atoms with E-state index in [9.17, 15) is 0 Å². The number of aliphatic hydroxyl groups is 1. The molecule has 50 valence electrons. The van der Waals surface area contributed by atoms with Gasteiger partial charge in [0.05, 0.1) is 6.61 Å². The zero-order chi connectivity index (χ0) is 6.85. The van der Waals surface area contributed by atoms with Crippen LogP contribution in [-0.4, -0.2) is 10.1 Å². The van der Waals surface area contributed by atoms with Crippen LogP contribution in [0, 0.1) is 0 Å². The monoisotopic (exact) mass is 227 g/mol. The smallest absolute Gasteiger partial charge is 0.154 e. The van der Waals surface area contributed by atoms with Gasteiger partial charge in [0, 0.05) is 0 Å². The van der Waals surface area contributed by atoms with Crippen LogP contribution in [0.1, 0.15) is 5.01 Å². The Labute approximate surface area is 69.6 Å². The third-order valence-corrected chi connectivity index (χ3v) is 3.03. The number of thiazole rings is 1. The average Bonchev–Trinajstić information content (AvgIpc) is 2.13. The van der Waals surface area contributed by atoms with E-state index in [1.807, 2.05) is 0 Å². The Morgan fingerprint density at radius 3 is 2.67 bits per heavy atom. The Kier molecular flexibility index (Phi) is 2.46. The number of hydrogen-bond acceptors (Lipinski definition) is 3. The topological polar surface area (TPSA) is 33.1 Å². The predicted molar refractivity (Wildman–Crippen MR) is 40.7 cm³/mol. The molecule has 0 bridgehead atoms. The van der Waals surface area contributed by atoms with E-state index >= 15 is 0 Å². The van der Waals surface area contributed by atoms with E-state index < -0.39 is 0 Å². The van der Waals surface area contributed by atoms with Gasteiger partial charge in [0.1, 0.15) is 8.79 Å². The molecule has 1 rings (SSSR count). The van der Waals surface area contributed by atoms with Crippen molar-refractivity contribution in [2.24, 2.45) is 0 Å². The summed E-state index contributed by atoms with van der Waals surface area (Å²) < 4.78 is 0.771. The molecule has 1 aromatic rings. The molecule has 0 saturated carbocycles. The summed E-state index contributed by atoms with van der Waals surface area (Å²) in [5.74, 6) is 0. The molecule has 0 aliphatic carbocycles. The quantitative estimate of drug-likeness (QED) is 0.798. The molecule has 2 nitrogen and oxygen atoms in total. The van der Waals surface area contributed by atoms with Crippen molar-refractivity contribution >= 4 is 38.9 Å². The van der Waals surface area contributed by atoms with Gasteiger partial charge in [0.2, 0.25) is 0 Å². The van der Waals surface area contributed by atoms with Gasteiger partial charge in [-0.3, -0.25) is 0 Å². The van der Waals surface area contributed by atoms with Gasteiger partial charge in [-0.05, 0) is 15.9 Å². The third-order valence-electron chi connectivity index (χ3n) is 0.728. The van der Waals surface area contributed by atoms with E-state index in [4.69, 9.17) is 16.7 Å². The van der Waals surface area contributed by atoms with Crippen molar-refractivity contribution in [3.05, 3.63) is 13.9 Å². The molecule has 0 aromatic carbocycles. The molecule has 0 amide bonds. The molecular weight excluding hydrogens is 225 g/mol. The molecule has 0 fully saturated rings. The van der Waals surface area contributed by atoms with Crippen LogP contribution >= 0.6 is 38.9 Å². The van der Waals surface area contributed by atoms with Crippen LogP contribution in [0.25, 0.3) is 0 Å². The lowest BCUT2D eigenvalue weighted by Gasteiger charge is -1.78. The van der Waals surface area contributed by atoms with Crippen molar-refractivity contribution in [2.75, 3.05) is 0 Å². The summed E-state index contributed by atoms with van der Waals surface area (Å²) in [4.78, 5) is 3.82. The zero-order valence-corrected chi connectivity index (χ0v) is 7.42. The van der Waals surface area contributed by atoms with Crippen LogP contribution in [0.5, 0.6) is 0 Å². The van der Waals surface area contributed by atoms with Gasteiger partial charge in [-0.25, -0.2) is 4.98 Å². The van der Waals surface area contributed by atoms with Crippen LogP contribution in [0.15, 0.2) is 3.79 Å². The molecule has 0 unspecified atom stereocenters. The molecule has 0 saturated heterocycles. The highest BCUT2D eigenvalue weighted by Gasteiger charge is 2.03. The maximum absolute atomic E-state index is 8.54. The minimum absolute atomic E-state index is 0.0456. The molecule has 0 aliphatic rings. The molecule has 0 aliphatic heterocycles. The molecule has 1 N–H and O–H groups in total. The van der Waals surface area contributed by atoms with Crippen LogP contribution in [0.2, 0.25) is 5.15 Å². The normalized spacial score (nSPS) is 10.1. The van der Waals surface area contributed by atoms with Crippen LogP contribution in [0.3, 0.4) is 0 Å². The van der Waals surface area contributed by atoms with Gasteiger partial charge in [-0.1, -0.05) is 11.6 Å². The fourth-order valence-corrected chi connectivity index (χ4v) is 1.84. The van der Waals surface area contributed by atoms with Gasteiger partial charge >= 0.3 is 0 Å². The highest BCUT2D eigenvalue weighted by Crippen LogP contribution is 2.28. The average molecular weight is 228 g/mol. The van der Waals surface area contributed by atoms with Gasteiger partial charge in [0.15, 0.2) is 5.15 Å². The fraction of sp³-hybridized carbons (Fsp3) is 0.250. The summed E-state index contributed by atoms with van der Waals surface area (Å²) in [5.41, 5.74) is 0. The highest BCUT2D eigenvalue weighted by molar-refractivity contribution is 9.11. The first kappa shape index (κ1) is 7.47. The number of hydrogen-bond donors (Lipinski definition) is 1. The highest BCUT2D eigenvalue weighted by atomic mass is 79.9. The van der Waals surface area contributed by atoms with E-state index in [2.05, 4.69) is 20.9 Å². The molecule has 9 heavy (non-hydrogen) atoms. The fourth-order valence-electron chi connectivity index (χ4n) is 0.389. The summed E-state index contributed by atoms with van der Waals surface area (Å²) in [7, 11) is 0. The molecule has 1 aromatic heterocycles. The molecule has 0 radical (unpaired) electrons. The third kappa shape index (κ3) is 1.64. The minimum Gasteiger partial charge on any atom is -0.389 e. The first-order valence-electron chi connectivity index (χ1n) is 2.15. The Morgan fingerprint density at radius 2 is 2.44 bits per heavy atom. The number of aliphatic hydroxyl groups excluding tert-OH is 1. The minimum atomic E-state index is -0.0456. The number of halogens is 2. The lowest BCUT2D eigenvalue weighted by atomic mass is 10.8. The van der Waals surface area contributed by atoms with Crippen molar-refractivity contribution in [1.29, 1.82) is 0 Å². The summed E-state index contributed by atoms with van der Waals surface area (Å²) in [6.07, 6.45) is 0. The summed E-state index contributed by atoms with van der Waals surface area (Å²) in [6, 6.07) is 0. The summed E-state index contributed by atoms with van der Waals surface area (Å²) >= 11 is 10.1. The largest absolute Gasteiger partial charge is 0.389 e. The Morgan fingerprint density at radius 1 is 1.78 bits per heavy atom. The van der Waals surface area contributed by atoms with E-state index in [-0.39, 0.29) is 6.61 Å². The second kappa shape index (κ2) is 2.96. The lowest BCUT2D eigenvalue weighted by molar-refractivity contribution is 0.281. The van der Waals surface area contributed by atoms with E-state index in [1.54, 1.807) is 0 Å². The van der Waals surface area contributed by atoms with Crippen LogP contribution in [0.4, 0.5) is 0 Å². The van der Waals surface area contributed by atoms with Gasteiger partial charge in [0.25, 0.3) is 0 Å². The molecular formula is C4H3BrClNOS. The van der Waals surface area contributed by atoms with E-state index in [0.29, 0.717) is 10.2 Å². The standard InChI is InChI=1S/C4H3BrClNOS/c5-3-4(6)7-2(1-8)9-3/h8H,1H2. The number of aromatic nitrogens is 1. The van der Waals surface area contributed by atoms with Crippen molar-refractivity contribution in [3.63, 3.8) is 0 Å². The van der Waals surface area contributed by atoms with Crippen LogP contribution < -0.4 is 0 Å². The second-order valence-corrected chi connectivity index (χ2v) is 4.09. The summed E-state index contributed by atoms with van der Waals surface area (Å²) in [6.45, 7) is -0.0456. The van der Waals surface area contributed by atoms with Gasteiger partial charge < -0.3 is 5.11 Å². The van der Waals surface area contributed by atoms with E-state index in [0.717, 1.165) is 3.79 Å². The molecule has 1 heterocycles. The van der Waals surface area contributed by atoms with Gasteiger partial charge in [-0.15, -0.1) is 11.3 Å². The predicted octanol–water partition coefficient (Wildman–Crippen LogP) is 2.05. The van der Waals surface area contributed by atoms with Crippen molar-refractivity contribution in [3.8, 4) is 0 Å². The van der Waals surface area contributed by atoms with Crippen LogP contribution in [-0.2, 0) is 6.61 Å². The Hall–Kier alpha value is 0.360. The zero-order valence-electron chi connectivity index (χ0n) is 4.27. The van der Waals surface area contributed by atoms with Crippen molar-refractivity contribution < 1.29 is 5.11 Å². The first-order valence-corrected chi connectivity index (χ1v) is 4.14. The maximum atomic E-state index is 8.54. The SMILES string of the molecule is OCc1nc(Cl)c(Br)s1. The van der Waals surface area contributed by atoms with E-state index in [1.165, 1.54) is 11.3 Å². The Bertz CT molecular complexity index is 195. The number of rotatable bonds is 1. The van der Waals surface area contributed by atoms with Crippen molar-refractivity contribution in [2.45, 2.75) is 6.61 Å². The molecule has 0 spiro atoms.